The Labute approximate surface area is 150 Å². The molecule has 2 rings (SSSR count). The summed E-state index contributed by atoms with van der Waals surface area (Å²) < 4.78 is 48.2. The topological polar surface area (TPSA) is 151 Å². The predicted octanol–water partition coefficient (Wildman–Crippen LogP) is 0.845. The van der Waals surface area contributed by atoms with Crippen molar-refractivity contribution in [3.05, 3.63) is 54.6 Å². The predicted molar refractivity (Wildman–Crippen MR) is 94.7 cm³/mol. The maximum absolute atomic E-state index is 12.0. The largest absolute Gasteiger partial charge is 0.333 e. The van der Waals surface area contributed by atoms with Gasteiger partial charge in [-0.25, -0.2) is 35.9 Å². The van der Waals surface area contributed by atoms with E-state index in [2.05, 4.69) is 10.6 Å². The Morgan fingerprint density at radius 1 is 0.769 bits per heavy atom. The number of nitrogens with one attached hydrogen (secondary N) is 4. The molecule has 0 aliphatic carbocycles. The summed E-state index contributed by atoms with van der Waals surface area (Å²) in [6.45, 7) is 0. The lowest BCUT2D eigenvalue weighted by molar-refractivity contribution is 0.255. The molecule has 0 saturated heterocycles. The van der Waals surface area contributed by atoms with E-state index in [1.807, 2.05) is 4.72 Å². The fraction of sp³-hybridized carbons (Fsp3) is 0. The molecule has 0 radical (unpaired) electrons. The van der Waals surface area contributed by atoms with Gasteiger partial charge in [-0.05, 0) is 36.4 Å². The normalized spacial score (nSPS) is 10.8. The van der Waals surface area contributed by atoms with Crippen molar-refractivity contribution in [3.63, 3.8) is 0 Å². The minimum absolute atomic E-state index is 0.0579. The Kier molecular flexibility index (Phi) is 6.14. The summed E-state index contributed by atoms with van der Waals surface area (Å²) in [6.07, 6.45) is 0. The number of thiol groups is 1. The van der Waals surface area contributed by atoms with E-state index in [-0.39, 0.29) is 16.3 Å². The summed E-state index contributed by atoms with van der Waals surface area (Å²) in [5.41, 5.74) is 0.522. The molecule has 4 N–H and O–H groups in total. The zero-order valence-corrected chi connectivity index (χ0v) is 14.7. The van der Waals surface area contributed by atoms with Gasteiger partial charge in [-0.1, -0.05) is 18.2 Å². The molecular weight excluding hydrogens is 384 g/mol. The molecule has 0 saturated carbocycles. The molecule has 0 spiro atoms. The van der Waals surface area contributed by atoms with Crippen LogP contribution in [0.3, 0.4) is 0 Å². The molecule has 0 aliphatic heterocycles. The molecule has 10 nitrogen and oxygen atoms in total. The second-order valence-corrected chi connectivity index (χ2v) is 7.19. The third-order valence-corrected chi connectivity index (χ3v) is 4.61. The first-order chi connectivity index (χ1) is 12.3. The highest BCUT2D eigenvalue weighted by Crippen LogP contribution is 2.14. The first-order valence-electron chi connectivity index (χ1n) is 6.97. The second kappa shape index (κ2) is 8.31. The second-order valence-electron chi connectivity index (χ2n) is 4.77. The molecule has 2 aromatic carbocycles. The maximum atomic E-state index is 12.0. The van der Waals surface area contributed by atoms with Crippen molar-refractivity contribution in [2.24, 2.45) is 0 Å². The van der Waals surface area contributed by atoms with Gasteiger partial charge in [0.25, 0.3) is 10.0 Å². The van der Waals surface area contributed by atoms with Crippen LogP contribution < -0.4 is 20.1 Å². The van der Waals surface area contributed by atoms with E-state index in [1.54, 1.807) is 10.8 Å². The Bertz CT molecular complexity index is 964. The van der Waals surface area contributed by atoms with E-state index in [9.17, 15) is 26.4 Å². The molecule has 2 aromatic rings. The number of hydrogen-bond donors (Lipinski definition) is 5. The van der Waals surface area contributed by atoms with E-state index in [0.29, 0.717) is 0 Å². The summed E-state index contributed by atoms with van der Waals surface area (Å²) >= 11 is 0. The fourth-order valence-corrected chi connectivity index (χ4v) is 2.97. The number of amides is 4. The van der Waals surface area contributed by atoms with Gasteiger partial charge in [0.05, 0.1) is 4.90 Å². The van der Waals surface area contributed by atoms with Gasteiger partial charge in [-0.3, -0.25) is 0 Å². The molecule has 0 aromatic heterocycles. The Balaban J connectivity index is 1.96. The fourth-order valence-electron chi connectivity index (χ4n) is 1.82. The molecule has 0 unspecified atom stereocenters. The highest BCUT2D eigenvalue weighted by Gasteiger charge is 2.17. The van der Waals surface area contributed by atoms with Crippen LogP contribution in [0, 0.1) is 0 Å². The van der Waals surface area contributed by atoms with Gasteiger partial charge in [-0.15, -0.1) is 0 Å². The third kappa shape index (κ3) is 5.75. The van der Waals surface area contributed by atoms with Crippen LogP contribution in [-0.4, -0.2) is 28.9 Å². The minimum Gasteiger partial charge on any atom is -0.307 e. The van der Waals surface area contributed by atoms with Gasteiger partial charge in [0, 0.05) is 11.4 Å². The van der Waals surface area contributed by atoms with Crippen molar-refractivity contribution in [2.75, 3.05) is 10.6 Å². The van der Waals surface area contributed by atoms with Crippen molar-refractivity contribution in [3.8, 4) is 0 Å². The number of carbonyl (C=O) groups excluding carboxylic acids is 2. The quantitative estimate of drug-likeness (QED) is 0.471. The lowest BCUT2D eigenvalue weighted by atomic mass is 10.3. The molecule has 12 heteroatoms. The summed E-state index contributed by atoms with van der Waals surface area (Å²) in [7, 11) is -7.07. The zero-order chi connectivity index (χ0) is 19.2. The van der Waals surface area contributed by atoms with Crippen LogP contribution in [0.15, 0.2) is 59.5 Å². The number of anilines is 2. The van der Waals surface area contributed by atoms with Crippen molar-refractivity contribution >= 4 is 44.4 Å². The van der Waals surface area contributed by atoms with Gasteiger partial charge >= 0.3 is 12.1 Å². The molecule has 26 heavy (non-hydrogen) atoms. The molecule has 4 amide bonds. The number of sulfonamides is 1. The first kappa shape index (κ1) is 19.2. The molecule has 138 valence electrons. The summed E-state index contributed by atoms with van der Waals surface area (Å²) in [6, 6.07) is 11.0. The van der Waals surface area contributed by atoms with E-state index in [0.717, 1.165) is 0 Å². The van der Waals surface area contributed by atoms with E-state index in [1.165, 1.54) is 48.5 Å². The zero-order valence-electron chi connectivity index (χ0n) is 13.0. The number of hydrogen-bond acceptors (Lipinski definition) is 6. The van der Waals surface area contributed by atoms with Crippen LogP contribution in [-0.2, 0) is 20.9 Å². The minimum atomic E-state index is -4.00. The third-order valence-electron chi connectivity index (χ3n) is 2.87. The van der Waals surface area contributed by atoms with Crippen LogP contribution in [0.2, 0.25) is 0 Å². The molecule has 0 aliphatic rings. The van der Waals surface area contributed by atoms with Crippen LogP contribution >= 0.6 is 0 Å². The van der Waals surface area contributed by atoms with E-state index >= 15 is 0 Å². The van der Waals surface area contributed by atoms with Gasteiger partial charge in [0.15, 0.2) is 0 Å². The Morgan fingerprint density at radius 3 is 1.77 bits per heavy atom. The van der Waals surface area contributed by atoms with Gasteiger partial charge in [0.2, 0.25) is 10.9 Å². The lowest BCUT2D eigenvalue weighted by Crippen LogP contribution is -2.34. The SMILES string of the molecule is O=C(Nc1ccc(NC(=O)NS(=O)(=O)c2ccccc2)cc1)N[SH](=O)=O. The molecular formula is C14H14N4O6S2. The van der Waals surface area contributed by atoms with Crippen LogP contribution in [0.5, 0.6) is 0 Å². The molecule has 0 heterocycles. The van der Waals surface area contributed by atoms with Crippen molar-refractivity contribution < 1.29 is 26.4 Å². The van der Waals surface area contributed by atoms with Crippen LogP contribution in [0.25, 0.3) is 0 Å². The lowest BCUT2D eigenvalue weighted by Gasteiger charge is -2.09. The summed E-state index contributed by atoms with van der Waals surface area (Å²) in [5.74, 6) is 0. The van der Waals surface area contributed by atoms with Crippen molar-refractivity contribution in [2.45, 2.75) is 4.90 Å². The van der Waals surface area contributed by atoms with Crippen molar-refractivity contribution in [1.29, 1.82) is 0 Å². The smallest absolute Gasteiger partial charge is 0.307 e. The van der Waals surface area contributed by atoms with Crippen LogP contribution in [0.1, 0.15) is 0 Å². The maximum Gasteiger partial charge on any atom is 0.333 e. The molecule has 0 bridgehead atoms. The summed E-state index contributed by atoms with van der Waals surface area (Å²) in [5, 5.41) is 4.58. The Hall–Kier alpha value is -3.12. The van der Waals surface area contributed by atoms with Crippen LogP contribution in [0.4, 0.5) is 21.0 Å². The van der Waals surface area contributed by atoms with Crippen molar-refractivity contribution in [1.82, 2.24) is 9.44 Å². The first-order valence-corrected chi connectivity index (χ1v) is 9.63. The number of urea groups is 2. The number of rotatable bonds is 5. The average Bonchev–Trinajstić information content (AvgIpc) is 2.56. The highest BCUT2D eigenvalue weighted by molar-refractivity contribution is 7.90. The van der Waals surface area contributed by atoms with Gasteiger partial charge in [-0.2, -0.15) is 0 Å². The summed E-state index contributed by atoms with van der Waals surface area (Å²) in [4.78, 5) is 23.0. The molecule has 0 fully saturated rings. The monoisotopic (exact) mass is 398 g/mol. The number of benzene rings is 2. The van der Waals surface area contributed by atoms with Gasteiger partial charge in [0.1, 0.15) is 0 Å². The standard InChI is InChI=1S/C14H14N4O6S2/c19-13(17-25(21)22)15-10-6-8-11(9-7-10)16-14(20)18-26(23,24)12-4-2-1-3-5-12/h1-9,25H,(H2,16,18,20)(H2,15,17,19,21,22). The Morgan fingerprint density at radius 2 is 1.27 bits per heavy atom. The van der Waals surface area contributed by atoms with Gasteiger partial charge < -0.3 is 10.6 Å². The van der Waals surface area contributed by atoms with E-state index in [4.69, 9.17) is 0 Å². The molecule has 0 atom stereocenters. The average molecular weight is 398 g/mol. The number of carbonyl (C=O) groups is 2. The highest BCUT2D eigenvalue weighted by atomic mass is 32.2. The van der Waals surface area contributed by atoms with E-state index < -0.39 is 33.0 Å².